The smallest absolute Gasteiger partial charge is 0.216 e. The van der Waals surface area contributed by atoms with Crippen molar-refractivity contribution in [2.24, 2.45) is 0 Å². The van der Waals surface area contributed by atoms with Gasteiger partial charge in [0.25, 0.3) is 0 Å². The molecule has 0 N–H and O–H groups in total. The largest absolute Gasteiger partial charge is 0.298 e. The molecular weight excluding hydrogens is 256 g/mol. The molecule has 2 aromatic rings. The Hall–Kier alpha value is -2.13. The van der Waals surface area contributed by atoms with Crippen LogP contribution >= 0.6 is 11.8 Å². The molecule has 0 aliphatic rings. The highest BCUT2D eigenvalue weighted by molar-refractivity contribution is 8.14. The van der Waals surface area contributed by atoms with E-state index < -0.39 is 0 Å². The highest BCUT2D eigenvalue weighted by Gasteiger charge is 2.05. The third kappa shape index (κ3) is 3.93. The quantitative estimate of drug-likeness (QED) is 0.480. The lowest BCUT2D eigenvalue weighted by Gasteiger charge is -2.00. The minimum atomic E-state index is -0.0989. The molecule has 0 saturated carbocycles. The summed E-state index contributed by atoms with van der Waals surface area (Å²) < 4.78 is 0. The van der Waals surface area contributed by atoms with Gasteiger partial charge in [-0.1, -0.05) is 54.6 Å². The first-order valence-corrected chi connectivity index (χ1v) is 6.60. The van der Waals surface area contributed by atoms with Gasteiger partial charge in [0.15, 0.2) is 6.29 Å². The van der Waals surface area contributed by atoms with E-state index in [-0.39, 0.29) is 5.12 Å². The van der Waals surface area contributed by atoms with Crippen LogP contribution in [0.2, 0.25) is 0 Å². The van der Waals surface area contributed by atoms with Gasteiger partial charge in [0.05, 0.1) is 0 Å². The predicted octanol–water partition coefficient (Wildman–Crippen LogP) is 3.83. The predicted molar refractivity (Wildman–Crippen MR) is 78.2 cm³/mol. The van der Waals surface area contributed by atoms with Gasteiger partial charge >= 0.3 is 0 Å². The molecule has 19 heavy (non-hydrogen) atoms. The lowest BCUT2D eigenvalue weighted by Crippen LogP contribution is -1.89. The normalized spacial score (nSPS) is 10.5. The average Bonchev–Trinajstić information content (AvgIpc) is 2.47. The zero-order valence-corrected chi connectivity index (χ0v) is 11.0. The van der Waals surface area contributed by atoms with Crippen LogP contribution in [-0.2, 0) is 4.79 Å². The highest BCUT2D eigenvalue weighted by Crippen LogP contribution is 2.22. The van der Waals surface area contributed by atoms with E-state index in [0.29, 0.717) is 10.5 Å². The Kier molecular flexibility index (Phi) is 4.70. The molecule has 0 bridgehead atoms. The summed E-state index contributed by atoms with van der Waals surface area (Å²) in [5, 5.41) is -0.0989. The zero-order valence-electron chi connectivity index (χ0n) is 10.2. The second-order valence-corrected chi connectivity index (χ2v) is 4.87. The topological polar surface area (TPSA) is 34.1 Å². The van der Waals surface area contributed by atoms with Crippen LogP contribution in [0.5, 0.6) is 0 Å². The van der Waals surface area contributed by atoms with Crippen molar-refractivity contribution in [1.82, 2.24) is 0 Å². The van der Waals surface area contributed by atoms with Crippen LogP contribution in [0.3, 0.4) is 0 Å². The van der Waals surface area contributed by atoms with Crippen molar-refractivity contribution < 1.29 is 9.59 Å². The Labute approximate surface area is 116 Å². The fourth-order valence-corrected chi connectivity index (χ4v) is 2.28. The minimum Gasteiger partial charge on any atom is -0.298 e. The molecule has 0 heterocycles. The van der Waals surface area contributed by atoms with Gasteiger partial charge in [-0.2, -0.15) is 0 Å². The van der Waals surface area contributed by atoms with E-state index in [9.17, 15) is 9.59 Å². The number of carbonyl (C=O) groups is 2. The summed E-state index contributed by atoms with van der Waals surface area (Å²) in [5.41, 5.74) is 1.51. The second kappa shape index (κ2) is 6.71. The molecule has 0 aliphatic carbocycles. The number of rotatable bonds is 4. The number of thioether (sulfide) groups is 1. The van der Waals surface area contributed by atoms with Crippen LogP contribution < -0.4 is 0 Å². The van der Waals surface area contributed by atoms with Crippen LogP contribution in [0.25, 0.3) is 6.08 Å². The number of benzene rings is 2. The SMILES string of the molecule is O=Cc1ccccc1SC(=O)/C=C/c1ccccc1. The Morgan fingerprint density at radius 1 is 0.947 bits per heavy atom. The van der Waals surface area contributed by atoms with E-state index in [0.717, 1.165) is 23.6 Å². The first-order valence-electron chi connectivity index (χ1n) is 5.79. The van der Waals surface area contributed by atoms with Gasteiger partial charge in [0.1, 0.15) is 0 Å². The maximum atomic E-state index is 11.8. The van der Waals surface area contributed by atoms with E-state index in [1.807, 2.05) is 36.4 Å². The van der Waals surface area contributed by atoms with Crippen molar-refractivity contribution in [1.29, 1.82) is 0 Å². The van der Waals surface area contributed by atoms with Crippen molar-refractivity contribution in [2.45, 2.75) is 4.90 Å². The minimum absolute atomic E-state index is 0.0989. The molecule has 0 unspecified atom stereocenters. The number of carbonyl (C=O) groups excluding carboxylic acids is 2. The maximum absolute atomic E-state index is 11.8. The van der Waals surface area contributed by atoms with E-state index in [2.05, 4.69) is 0 Å². The van der Waals surface area contributed by atoms with Gasteiger partial charge in [0, 0.05) is 10.5 Å². The van der Waals surface area contributed by atoms with Crippen LogP contribution in [-0.4, -0.2) is 11.4 Å². The lowest BCUT2D eigenvalue weighted by atomic mass is 10.2. The Bertz CT molecular complexity index is 603. The van der Waals surface area contributed by atoms with Crippen molar-refractivity contribution in [3.8, 4) is 0 Å². The molecule has 2 rings (SSSR count). The Morgan fingerprint density at radius 2 is 1.63 bits per heavy atom. The molecule has 2 aromatic carbocycles. The fourth-order valence-electron chi connectivity index (χ4n) is 1.54. The summed E-state index contributed by atoms with van der Waals surface area (Å²) in [6, 6.07) is 16.7. The second-order valence-electron chi connectivity index (χ2n) is 3.82. The van der Waals surface area contributed by atoms with Gasteiger partial charge in [-0.3, -0.25) is 9.59 Å². The Morgan fingerprint density at radius 3 is 2.37 bits per heavy atom. The van der Waals surface area contributed by atoms with E-state index in [1.54, 1.807) is 24.3 Å². The van der Waals surface area contributed by atoms with Crippen molar-refractivity contribution in [3.63, 3.8) is 0 Å². The molecule has 0 amide bonds. The van der Waals surface area contributed by atoms with Gasteiger partial charge in [-0.15, -0.1) is 0 Å². The summed E-state index contributed by atoms with van der Waals surface area (Å²) in [5.74, 6) is 0. The summed E-state index contributed by atoms with van der Waals surface area (Å²) >= 11 is 1.06. The van der Waals surface area contributed by atoms with Gasteiger partial charge in [0.2, 0.25) is 5.12 Å². The lowest BCUT2D eigenvalue weighted by molar-refractivity contribution is -0.107. The molecule has 94 valence electrons. The average molecular weight is 268 g/mol. The third-order valence-corrected chi connectivity index (χ3v) is 3.40. The summed E-state index contributed by atoms with van der Waals surface area (Å²) in [6.07, 6.45) is 4.04. The monoisotopic (exact) mass is 268 g/mol. The standard InChI is InChI=1S/C16H12O2S/c17-12-14-8-4-5-9-15(14)19-16(18)11-10-13-6-2-1-3-7-13/h1-12H/b11-10+. The van der Waals surface area contributed by atoms with Gasteiger partial charge in [-0.05, 0) is 29.5 Å². The maximum Gasteiger partial charge on any atom is 0.216 e. The molecule has 0 saturated heterocycles. The molecule has 0 fully saturated rings. The van der Waals surface area contributed by atoms with Crippen molar-refractivity contribution in [2.75, 3.05) is 0 Å². The van der Waals surface area contributed by atoms with Crippen LogP contribution in [0.4, 0.5) is 0 Å². The van der Waals surface area contributed by atoms with Crippen LogP contribution in [0.15, 0.2) is 65.6 Å². The van der Waals surface area contributed by atoms with Crippen molar-refractivity contribution >= 4 is 29.2 Å². The van der Waals surface area contributed by atoms with Crippen LogP contribution in [0, 0.1) is 0 Å². The number of aldehydes is 1. The summed E-state index contributed by atoms with van der Waals surface area (Å²) in [7, 11) is 0. The summed E-state index contributed by atoms with van der Waals surface area (Å²) in [6.45, 7) is 0. The molecule has 0 radical (unpaired) electrons. The summed E-state index contributed by atoms with van der Waals surface area (Å²) in [4.78, 5) is 23.3. The molecule has 2 nitrogen and oxygen atoms in total. The van der Waals surface area contributed by atoms with Gasteiger partial charge in [-0.25, -0.2) is 0 Å². The molecule has 0 spiro atoms. The van der Waals surface area contributed by atoms with Crippen LogP contribution in [0.1, 0.15) is 15.9 Å². The van der Waals surface area contributed by atoms with Gasteiger partial charge < -0.3 is 0 Å². The third-order valence-electron chi connectivity index (χ3n) is 2.47. The number of hydrogen-bond acceptors (Lipinski definition) is 3. The highest BCUT2D eigenvalue weighted by atomic mass is 32.2. The fraction of sp³-hybridized carbons (Fsp3) is 0. The number of hydrogen-bond donors (Lipinski definition) is 0. The molecule has 0 aliphatic heterocycles. The zero-order chi connectivity index (χ0) is 13.5. The molecule has 3 heteroatoms. The molecule has 0 atom stereocenters. The molecule has 0 aromatic heterocycles. The van der Waals surface area contributed by atoms with E-state index in [4.69, 9.17) is 0 Å². The van der Waals surface area contributed by atoms with E-state index >= 15 is 0 Å². The van der Waals surface area contributed by atoms with Crippen molar-refractivity contribution in [3.05, 3.63) is 71.8 Å². The first kappa shape index (κ1) is 13.3. The first-order chi connectivity index (χ1) is 9.29. The van der Waals surface area contributed by atoms with E-state index in [1.165, 1.54) is 6.08 Å². The molecular formula is C16H12O2S. The Balaban J connectivity index is 2.06.